The quantitative estimate of drug-likeness (QED) is 0.751. The maximum Gasteiger partial charge on any atom is 0.442 e. The first-order chi connectivity index (χ1) is 9.20. The third-order valence-electron chi connectivity index (χ3n) is 2.56. The molecule has 0 unspecified atom stereocenters. The molecule has 0 amide bonds. The lowest BCUT2D eigenvalue weighted by Crippen LogP contribution is -2.23. The van der Waals surface area contributed by atoms with Crippen molar-refractivity contribution in [3.8, 4) is 0 Å². The number of hydrogen-bond donors (Lipinski definition) is 0. The van der Waals surface area contributed by atoms with Gasteiger partial charge in [-0.05, 0) is 12.5 Å². The van der Waals surface area contributed by atoms with Crippen molar-refractivity contribution in [1.29, 1.82) is 0 Å². The van der Waals surface area contributed by atoms with Gasteiger partial charge < -0.3 is 4.74 Å². The summed E-state index contributed by atoms with van der Waals surface area (Å²) in [5.41, 5.74) is 0.980. The van der Waals surface area contributed by atoms with Crippen molar-refractivity contribution in [2.24, 2.45) is 0 Å². The van der Waals surface area contributed by atoms with Gasteiger partial charge in [0.05, 0.1) is 6.61 Å². The Morgan fingerprint density at radius 2 is 2.11 bits per heavy atom. The van der Waals surface area contributed by atoms with Crippen LogP contribution in [0.4, 0.5) is 0 Å². The lowest BCUT2D eigenvalue weighted by atomic mass is 10.1. The van der Waals surface area contributed by atoms with Gasteiger partial charge in [0.15, 0.2) is 5.82 Å². The molecule has 6 heteroatoms. The highest BCUT2D eigenvalue weighted by molar-refractivity contribution is 5.69. The number of ether oxygens (including phenoxy) is 1. The normalized spacial score (nSPS) is 10.4. The second-order valence-electron chi connectivity index (χ2n) is 3.92. The van der Waals surface area contributed by atoms with Gasteiger partial charge in [-0.25, -0.2) is 9.36 Å². The first kappa shape index (κ1) is 13.1. The highest BCUT2D eigenvalue weighted by atomic mass is 16.5. The zero-order valence-corrected chi connectivity index (χ0v) is 10.5. The minimum absolute atomic E-state index is 0.182. The fraction of sp³-hybridized carbons (Fsp3) is 0.308. The van der Waals surface area contributed by atoms with E-state index in [2.05, 4.69) is 9.68 Å². The predicted octanol–water partition coefficient (Wildman–Crippen LogP) is 0.990. The summed E-state index contributed by atoms with van der Waals surface area (Å²) in [6, 6.07) is 9.51. The Balaban J connectivity index is 2.18. The molecule has 0 aliphatic heterocycles. The number of esters is 1. The number of rotatable bonds is 5. The van der Waals surface area contributed by atoms with Gasteiger partial charge in [-0.2, -0.15) is 0 Å². The Bertz CT molecular complexity index is 601. The molecule has 1 heterocycles. The van der Waals surface area contributed by atoms with Crippen LogP contribution in [0.2, 0.25) is 0 Å². The molecular formula is C13H14N2O4. The average molecular weight is 262 g/mol. The van der Waals surface area contributed by atoms with Crippen molar-refractivity contribution < 1.29 is 14.1 Å². The Morgan fingerprint density at radius 3 is 2.79 bits per heavy atom. The zero-order valence-electron chi connectivity index (χ0n) is 10.5. The molecule has 0 atom stereocenters. The summed E-state index contributed by atoms with van der Waals surface area (Å²) in [5, 5.41) is 3.69. The van der Waals surface area contributed by atoms with Gasteiger partial charge in [0.25, 0.3) is 0 Å². The van der Waals surface area contributed by atoms with E-state index in [1.807, 2.05) is 30.3 Å². The monoisotopic (exact) mass is 262 g/mol. The molecule has 2 aromatic rings. The SMILES string of the molecule is CCOC(=O)Cn1c(Cc2ccccc2)noc1=O. The fourth-order valence-corrected chi connectivity index (χ4v) is 1.69. The van der Waals surface area contributed by atoms with Gasteiger partial charge >= 0.3 is 11.7 Å². The number of nitrogens with zero attached hydrogens (tertiary/aromatic N) is 2. The van der Waals surface area contributed by atoms with Crippen molar-refractivity contribution in [3.63, 3.8) is 0 Å². The van der Waals surface area contributed by atoms with Crippen LogP contribution in [0.5, 0.6) is 0 Å². The second-order valence-corrected chi connectivity index (χ2v) is 3.92. The Kier molecular flexibility index (Phi) is 4.12. The number of carbonyl (C=O) groups is 1. The van der Waals surface area contributed by atoms with Crippen LogP contribution < -0.4 is 5.76 Å². The summed E-state index contributed by atoms with van der Waals surface area (Å²) in [4.78, 5) is 22.9. The highest BCUT2D eigenvalue weighted by Crippen LogP contribution is 2.06. The number of carbonyl (C=O) groups excluding carboxylic acids is 1. The molecule has 19 heavy (non-hydrogen) atoms. The van der Waals surface area contributed by atoms with E-state index in [1.165, 1.54) is 4.57 Å². The summed E-state index contributed by atoms with van der Waals surface area (Å²) in [7, 11) is 0. The summed E-state index contributed by atoms with van der Waals surface area (Å²) < 4.78 is 10.6. The van der Waals surface area contributed by atoms with Crippen LogP contribution in [-0.2, 0) is 22.5 Å². The fourth-order valence-electron chi connectivity index (χ4n) is 1.69. The molecule has 0 aliphatic rings. The van der Waals surface area contributed by atoms with E-state index < -0.39 is 11.7 Å². The van der Waals surface area contributed by atoms with Crippen molar-refractivity contribution in [1.82, 2.24) is 9.72 Å². The molecule has 0 N–H and O–H groups in total. The van der Waals surface area contributed by atoms with Crippen LogP contribution in [0.25, 0.3) is 0 Å². The number of benzene rings is 1. The average Bonchev–Trinajstić information content (AvgIpc) is 2.73. The maximum absolute atomic E-state index is 11.5. The molecule has 2 rings (SSSR count). The van der Waals surface area contributed by atoms with E-state index in [-0.39, 0.29) is 13.2 Å². The molecule has 0 saturated heterocycles. The molecule has 1 aromatic heterocycles. The standard InChI is InChI=1S/C13H14N2O4/c1-2-18-12(16)9-15-11(14-19-13(15)17)8-10-6-4-3-5-7-10/h3-7H,2,8-9H2,1H3. The van der Waals surface area contributed by atoms with Crippen LogP contribution in [0.15, 0.2) is 39.6 Å². The Morgan fingerprint density at radius 1 is 1.37 bits per heavy atom. The molecular weight excluding hydrogens is 248 g/mol. The van der Waals surface area contributed by atoms with Crippen molar-refractivity contribution in [2.45, 2.75) is 19.9 Å². The van der Waals surface area contributed by atoms with Crippen LogP contribution in [0.3, 0.4) is 0 Å². The third-order valence-corrected chi connectivity index (χ3v) is 2.56. The van der Waals surface area contributed by atoms with Crippen LogP contribution in [0.1, 0.15) is 18.3 Å². The highest BCUT2D eigenvalue weighted by Gasteiger charge is 2.14. The van der Waals surface area contributed by atoms with Gasteiger partial charge in [-0.3, -0.25) is 9.32 Å². The van der Waals surface area contributed by atoms with Crippen molar-refractivity contribution in [3.05, 3.63) is 52.3 Å². The molecule has 0 bridgehead atoms. The first-order valence-corrected chi connectivity index (χ1v) is 5.95. The molecule has 100 valence electrons. The third kappa shape index (κ3) is 3.31. The van der Waals surface area contributed by atoms with Crippen LogP contribution >= 0.6 is 0 Å². The van der Waals surface area contributed by atoms with Gasteiger partial charge in [-0.1, -0.05) is 35.5 Å². The maximum atomic E-state index is 11.5. The molecule has 0 saturated carbocycles. The second kappa shape index (κ2) is 5.99. The van der Waals surface area contributed by atoms with Crippen molar-refractivity contribution >= 4 is 5.97 Å². The Hall–Kier alpha value is -2.37. The van der Waals surface area contributed by atoms with E-state index in [9.17, 15) is 9.59 Å². The molecule has 0 aliphatic carbocycles. The van der Waals surface area contributed by atoms with E-state index in [0.29, 0.717) is 12.2 Å². The van der Waals surface area contributed by atoms with E-state index >= 15 is 0 Å². The summed E-state index contributed by atoms with van der Waals surface area (Å²) in [6.07, 6.45) is 0.423. The summed E-state index contributed by atoms with van der Waals surface area (Å²) >= 11 is 0. The molecule has 0 radical (unpaired) electrons. The lowest BCUT2D eigenvalue weighted by Gasteiger charge is -2.04. The summed E-state index contributed by atoms with van der Waals surface area (Å²) in [5.74, 6) is -0.731. The predicted molar refractivity (Wildman–Crippen MR) is 66.6 cm³/mol. The van der Waals surface area contributed by atoms with E-state index in [1.54, 1.807) is 6.92 Å². The number of hydrogen-bond acceptors (Lipinski definition) is 5. The Labute approximate surface area is 109 Å². The van der Waals surface area contributed by atoms with Gasteiger partial charge in [0, 0.05) is 6.42 Å². The topological polar surface area (TPSA) is 74.3 Å². The van der Waals surface area contributed by atoms with Gasteiger partial charge in [0.2, 0.25) is 0 Å². The number of aromatic nitrogens is 2. The van der Waals surface area contributed by atoms with Crippen LogP contribution in [0, 0.1) is 0 Å². The van der Waals surface area contributed by atoms with Gasteiger partial charge in [-0.15, -0.1) is 0 Å². The molecule has 1 aromatic carbocycles. The van der Waals surface area contributed by atoms with Crippen LogP contribution in [-0.4, -0.2) is 22.3 Å². The minimum atomic E-state index is -0.654. The van der Waals surface area contributed by atoms with E-state index in [0.717, 1.165) is 5.56 Å². The summed E-state index contributed by atoms with van der Waals surface area (Å²) in [6.45, 7) is 1.80. The lowest BCUT2D eigenvalue weighted by molar-refractivity contribution is -0.143. The zero-order chi connectivity index (χ0) is 13.7. The molecule has 6 nitrogen and oxygen atoms in total. The largest absolute Gasteiger partial charge is 0.465 e. The van der Waals surface area contributed by atoms with Crippen molar-refractivity contribution in [2.75, 3.05) is 6.61 Å². The minimum Gasteiger partial charge on any atom is -0.465 e. The molecule has 0 spiro atoms. The van der Waals surface area contributed by atoms with E-state index in [4.69, 9.17) is 4.74 Å². The smallest absolute Gasteiger partial charge is 0.442 e. The van der Waals surface area contributed by atoms with Gasteiger partial charge in [0.1, 0.15) is 6.54 Å². The first-order valence-electron chi connectivity index (χ1n) is 5.95. The molecule has 0 fully saturated rings.